The molecule has 0 fully saturated rings. The molecule has 3 aromatic rings. The Morgan fingerprint density at radius 1 is 1.07 bits per heavy atom. The van der Waals surface area contributed by atoms with Gasteiger partial charge in [-0.1, -0.05) is 25.4 Å². The fourth-order valence-corrected chi connectivity index (χ4v) is 2.79. The minimum atomic E-state index is -0.0579. The number of halogens is 1. The summed E-state index contributed by atoms with van der Waals surface area (Å²) in [5.74, 6) is 0.726. The van der Waals surface area contributed by atoms with Crippen molar-refractivity contribution in [3.05, 3.63) is 64.3 Å². The maximum atomic E-state index is 12.8. The Labute approximate surface area is 177 Å². The lowest BCUT2D eigenvalue weighted by Crippen LogP contribution is -2.13. The van der Waals surface area contributed by atoms with Gasteiger partial charge in [-0.3, -0.25) is 9.36 Å². The quantitative estimate of drug-likeness (QED) is 0.561. The van der Waals surface area contributed by atoms with E-state index in [-0.39, 0.29) is 5.91 Å². The molecule has 1 heterocycles. The number of benzene rings is 2. The molecular weight excluding hydrogens is 390 g/mol. The average Bonchev–Trinajstić information content (AvgIpc) is 3.01. The summed E-state index contributed by atoms with van der Waals surface area (Å²) in [6.45, 7) is 9.42. The number of aromatic nitrogens is 1. The van der Waals surface area contributed by atoms with Gasteiger partial charge in [0.2, 0.25) is 0 Å². The van der Waals surface area contributed by atoms with Gasteiger partial charge in [-0.2, -0.15) is 0 Å². The number of rotatable bonds is 2. The van der Waals surface area contributed by atoms with Crippen LogP contribution in [0.3, 0.4) is 0 Å². The molecule has 0 spiro atoms. The number of carbonyl (C=O) groups is 2. The van der Waals surface area contributed by atoms with Crippen molar-refractivity contribution in [2.24, 2.45) is 0 Å². The monoisotopic (exact) mass is 419 g/mol. The molecule has 158 valence electrons. The van der Waals surface area contributed by atoms with Crippen LogP contribution >= 0.6 is 11.6 Å². The Kier molecular flexibility index (Phi) is 12.3. The normalized spacial score (nSPS) is 9.14. The summed E-state index contributed by atoms with van der Waals surface area (Å²) in [7, 11) is 2.64. The third kappa shape index (κ3) is 6.44. The molecular formula is C23H30ClNO4. The summed E-state index contributed by atoms with van der Waals surface area (Å²) in [5, 5.41) is 8.64. The summed E-state index contributed by atoms with van der Waals surface area (Å²) in [6, 6.07) is 12.7. The van der Waals surface area contributed by atoms with E-state index in [4.69, 9.17) is 26.2 Å². The molecule has 0 radical (unpaired) electrons. The second-order valence-electron chi connectivity index (χ2n) is 5.48. The lowest BCUT2D eigenvalue weighted by molar-refractivity contribution is -0.106. The van der Waals surface area contributed by atoms with Gasteiger partial charge in [-0.05, 0) is 68.8 Å². The molecule has 0 unspecified atom stereocenters. The van der Waals surface area contributed by atoms with Crippen molar-refractivity contribution >= 4 is 34.7 Å². The van der Waals surface area contributed by atoms with Crippen LogP contribution in [-0.4, -0.2) is 36.1 Å². The van der Waals surface area contributed by atoms with Gasteiger partial charge in [-0.15, -0.1) is 0 Å². The number of carbonyl (C=O) groups excluding carboxylic acids is 2. The second-order valence-corrected chi connectivity index (χ2v) is 5.91. The van der Waals surface area contributed by atoms with Gasteiger partial charge in [-0.25, -0.2) is 0 Å². The lowest BCUT2D eigenvalue weighted by atomic mass is 10.1. The van der Waals surface area contributed by atoms with Crippen LogP contribution in [0.15, 0.2) is 42.5 Å². The van der Waals surface area contributed by atoms with Crippen molar-refractivity contribution in [2.75, 3.05) is 14.2 Å². The van der Waals surface area contributed by atoms with Gasteiger partial charge >= 0.3 is 0 Å². The Hall–Kier alpha value is -2.63. The first-order chi connectivity index (χ1) is 13.9. The maximum Gasteiger partial charge on any atom is 0.262 e. The van der Waals surface area contributed by atoms with Gasteiger partial charge in [0.1, 0.15) is 12.0 Å². The van der Waals surface area contributed by atoms with Gasteiger partial charge in [0.15, 0.2) is 0 Å². The third-order valence-electron chi connectivity index (χ3n) is 4.02. The predicted molar refractivity (Wildman–Crippen MR) is 120 cm³/mol. The van der Waals surface area contributed by atoms with Crippen LogP contribution < -0.4 is 4.74 Å². The Balaban J connectivity index is 0.00000100. The van der Waals surface area contributed by atoms with Crippen LogP contribution in [-0.2, 0) is 4.79 Å². The molecule has 0 aliphatic heterocycles. The highest BCUT2D eigenvalue weighted by molar-refractivity contribution is 6.30. The average molecular weight is 420 g/mol. The minimum Gasteiger partial charge on any atom is -0.497 e. The SMILES string of the molecule is CC.CC=O.CO.COc1ccc2c(c1)c(C)c(C)n2C(=O)c1ccc(Cl)cc1. The molecule has 5 nitrogen and oxygen atoms in total. The molecule has 0 aliphatic carbocycles. The molecule has 0 bridgehead atoms. The zero-order valence-electron chi connectivity index (χ0n) is 18.1. The van der Waals surface area contributed by atoms with Crippen molar-refractivity contribution in [2.45, 2.75) is 34.6 Å². The smallest absolute Gasteiger partial charge is 0.262 e. The molecule has 2 aromatic carbocycles. The molecule has 3 rings (SSSR count). The van der Waals surface area contributed by atoms with E-state index in [9.17, 15) is 4.79 Å². The Morgan fingerprint density at radius 3 is 2.07 bits per heavy atom. The van der Waals surface area contributed by atoms with Crippen molar-refractivity contribution in [3.8, 4) is 5.75 Å². The van der Waals surface area contributed by atoms with Gasteiger partial charge in [0, 0.05) is 28.8 Å². The van der Waals surface area contributed by atoms with E-state index in [0.717, 1.165) is 41.3 Å². The second kappa shape index (κ2) is 13.5. The molecule has 0 saturated heterocycles. The Morgan fingerprint density at radius 2 is 1.59 bits per heavy atom. The number of hydrogen-bond donors (Lipinski definition) is 1. The van der Waals surface area contributed by atoms with Gasteiger partial charge in [0.05, 0.1) is 12.6 Å². The first-order valence-electron chi connectivity index (χ1n) is 9.25. The standard InChI is InChI=1S/C18H16ClNO2.C2H4O.C2H6.CH4O/c1-11-12(2)20(17-9-8-15(22-3)10-16(11)17)18(21)13-4-6-14(19)7-5-13;1-2-3;2*1-2/h4-10H,1-3H3;2H,1H3;1-2H3;2H,1H3. The van der Waals surface area contributed by atoms with Crippen LogP contribution in [0.2, 0.25) is 5.02 Å². The number of aryl methyl sites for hydroxylation is 1. The Bertz CT molecular complexity index is 915. The summed E-state index contributed by atoms with van der Waals surface area (Å²) in [5.41, 5.74) is 3.51. The molecule has 1 aromatic heterocycles. The zero-order chi connectivity index (χ0) is 22.6. The maximum absolute atomic E-state index is 12.8. The minimum absolute atomic E-state index is 0.0579. The highest BCUT2D eigenvalue weighted by Crippen LogP contribution is 2.29. The molecule has 1 N–H and O–H groups in total. The summed E-state index contributed by atoms with van der Waals surface area (Å²) >= 11 is 5.89. The zero-order valence-corrected chi connectivity index (χ0v) is 18.9. The summed E-state index contributed by atoms with van der Waals surface area (Å²) < 4.78 is 7.02. The van der Waals surface area contributed by atoms with Crippen LogP contribution in [0.25, 0.3) is 10.9 Å². The van der Waals surface area contributed by atoms with E-state index in [1.165, 1.54) is 6.92 Å². The van der Waals surface area contributed by atoms with Gasteiger partial charge in [0.25, 0.3) is 5.91 Å². The fraction of sp³-hybridized carbons (Fsp3) is 0.304. The lowest BCUT2D eigenvalue weighted by Gasteiger charge is -2.07. The largest absolute Gasteiger partial charge is 0.497 e. The number of methoxy groups -OCH3 is 1. The van der Waals surface area contributed by atoms with E-state index in [0.29, 0.717) is 10.6 Å². The molecule has 0 saturated carbocycles. The van der Waals surface area contributed by atoms with Crippen LogP contribution in [0, 0.1) is 13.8 Å². The number of aliphatic hydroxyl groups excluding tert-OH is 1. The molecule has 0 amide bonds. The summed E-state index contributed by atoms with van der Waals surface area (Å²) in [6.07, 6.45) is 0.750. The van der Waals surface area contributed by atoms with Gasteiger partial charge < -0.3 is 14.6 Å². The van der Waals surface area contributed by atoms with Crippen LogP contribution in [0.1, 0.15) is 42.4 Å². The van der Waals surface area contributed by atoms with Crippen molar-refractivity contribution in [1.82, 2.24) is 4.57 Å². The topological polar surface area (TPSA) is 68.5 Å². The van der Waals surface area contributed by atoms with Crippen molar-refractivity contribution < 1.29 is 19.4 Å². The number of aldehydes is 1. The first kappa shape index (κ1) is 26.4. The molecule has 0 aliphatic rings. The third-order valence-corrected chi connectivity index (χ3v) is 4.27. The molecule has 6 heteroatoms. The van der Waals surface area contributed by atoms with Crippen LogP contribution in [0.4, 0.5) is 0 Å². The fourth-order valence-electron chi connectivity index (χ4n) is 2.66. The van der Waals surface area contributed by atoms with E-state index < -0.39 is 0 Å². The summed E-state index contributed by atoms with van der Waals surface area (Å²) in [4.78, 5) is 21.7. The first-order valence-corrected chi connectivity index (χ1v) is 9.62. The van der Waals surface area contributed by atoms with E-state index in [2.05, 4.69) is 0 Å². The molecule has 0 atom stereocenters. The number of aliphatic hydroxyl groups is 1. The van der Waals surface area contributed by atoms with Crippen LogP contribution in [0.5, 0.6) is 5.75 Å². The van der Waals surface area contributed by atoms with Crippen molar-refractivity contribution in [1.29, 1.82) is 0 Å². The number of hydrogen-bond acceptors (Lipinski definition) is 4. The number of fused-ring (bicyclic) bond motifs is 1. The van der Waals surface area contributed by atoms with Crippen molar-refractivity contribution in [3.63, 3.8) is 0 Å². The number of nitrogens with zero attached hydrogens (tertiary/aromatic N) is 1. The van der Waals surface area contributed by atoms with E-state index >= 15 is 0 Å². The highest BCUT2D eigenvalue weighted by atomic mass is 35.5. The van der Waals surface area contributed by atoms with E-state index in [1.807, 2.05) is 45.9 Å². The number of ether oxygens (including phenoxy) is 1. The molecule has 29 heavy (non-hydrogen) atoms. The highest BCUT2D eigenvalue weighted by Gasteiger charge is 2.18. The van der Waals surface area contributed by atoms with E-state index in [1.54, 1.807) is 35.9 Å². The predicted octanol–water partition coefficient (Wildman–Crippen LogP) is 5.45.